The standard InChI is InChI=1S/C14H12F3NOS/c1-2-4-12-11(8-19)18-13(20-12)9-5-3-6-10(7-9)14(15,16)17/h2-7,19H,8H2,1H3. The van der Waals surface area contributed by atoms with Crippen molar-refractivity contribution in [2.24, 2.45) is 0 Å². The number of hydrogen-bond donors (Lipinski definition) is 1. The Balaban J connectivity index is 2.46. The summed E-state index contributed by atoms with van der Waals surface area (Å²) in [6.45, 7) is 1.58. The van der Waals surface area contributed by atoms with Crippen LogP contribution in [-0.2, 0) is 12.8 Å². The number of hydrogen-bond acceptors (Lipinski definition) is 3. The minimum Gasteiger partial charge on any atom is -0.390 e. The van der Waals surface area contributed by atoms with Crippen LogP contribution >= 0.6 is 11.3 Å². The van der Waals surface area contributed by atoms with Crippen LogP contribution in [0.1, 0.15) is 23.1 Å². The van der Waals surface area contributed by atoms with E-state index >= 15 is 0 Å². The number of halogens is 3. The first-order valence-electron chi connectivity index (χ1n) is 5.86. The molecule has 2 rings (SSSR count). The second kappa shape index (κ2) is 5.76. The molecule has 0 fully saturated rings. The van der Waals surface area contributed by atoms with Gasteiger partial charge in [-0.25, -0.2) is 4.98 Å². The number of aliphatic hydroxyl groups is 1. The van der Waals surface area contributed by atoms with Gasteiger partial charge in [0.25, 0.3) is 0 Å². The van der Waals surface area contributed by atoms with E-state index in [4.69, 9.17) is 0 Å². The number of aliphatic hydroxyl groups excluding tert-OH is 1. The van der Waals surface area contributed by atoms with Gasteiger partial charge < -0.3 is 5.11 Å². The van der Waals surface area contributed by atoms with E-state index in [1.165, 1.54) is 17.4 Å². The minimum absolute atomic E-state index is 0.241. The highest BCUT2D eigenvalue weighted by atomic mass is 32.1. The average molecular weight is 299 g/mol. The lowest BCUT2D eigenvalue weighted by Crippen LogP contribution is -2.04. The van der Waals surface area contributed by atoms with Gasteiger partial charge in [0.2, 0.25) is 0 Å². The summed E-state index contributed by atoms with van der Waals surface area (Å²) in [6.07, 6.45) is -0.803. The molecule has 20 heavy (non-hydrogen) atoms. The predicted octanol–water partition coefficient (Wildman–Crippen LogP) is 4.35. The van der Waals surface area contributed by atoms with Gasteiger partial charge >= 0.3 is 6.18 Å². The molecule has 0 saturated heterocycles. The van der Waals surface area contributed by atoms with Gasteiger partial charge in [-0.3, -0.25) is 0 Å². The third-order valence-electron chi connectivity index (χ3n) is 2.63. The van der Waals surface area contributed by atoms with Crippen molar-refractivity contribution in [3.05, 3.63) is 46.5 Å². The van der Waals surface area contributed by atoms with Gasteiger partial charge in [-0.15, -0.1) is 11.3 Å². The Morgan fingerprint density at radius 3 is 2.70 bits per heavy atom. The van der Waals surface area contributed by atoms with Crippen LogP contribution in [0.2, 0.25) is 0 Å². The lowest BCUT2D eigenvalue weighted by Gasteiger charge is -2.07. The number of alkyl halides is 3. The highest BCUT2D eigenvalue weighted by Gasteiger charge is 2.30. The maximum absolute atomic E-state index is 12.7. The van der Waals surface area contributed by atoms with Crippen molar-refractivity contribution in [1.29, 1.82) is 0 Å². The summed E-state index contributed by atoms with van der Waals surface area (Å²) in [5.41, 5.74) is 0.166. The van der Waals surface area contributed by atoms with Gasteiger partial charge in [0.1, 0.15) is 5.01 Å². The summed E-state index contributed by atoms with van der Waals surface area (Å²) in [5, 5.41) is 9.69. The molecule has 1 heterocycles. The molecule has 0 atom stereocenters. The van der Waals surface area contributed by atoms with E-state index in [2.05, 4.69) is 4.98 Å². The molecule has 0 amide bonds. The molecule has 1 aromatic carbocycles. The van der Waals surface area contributed by atoms with Crippen molar-refractivity contribution < 1.29 is 18.3 Å². The lowest BCUT2D eigenvalue weighted by atomic mass is 10.1. The predicted molar refractivity (Wildman–Crippen MR) is 73.2 cm³/mol. The average Bonchev–Trinajstić information content (AvgIpc) is 2.82. The Morgan fingerprint density at radius 2 is 2.10 bits per heavy atom. The SMILES string of the molecule is CC=Cc1sc(-c2cccc(C(F)(F)F)c2)nc1CO. The molecule has 0 radical (unpaired) electrons. The first-order valence-corrected chi connectivity index (χ1v) is 6.68. The third-order valence-corrected chi connectivity index (χ3v) is 3.74. The molecule has 0 unspecified atom stereocenters. The first kappa shape index (κ1) is 14.7. The van der Waals surface area contributed by atoms with Crippen molar-refractivity contribution in [3.8, 4) is 10.6 Å². The Bertz CT molecular complexity index is 632. The number of rotatable bonds is 3. The molecule has 0 bridgehead atoms. The topological polar surface area (TPSA) is 33.1 Å². The molecule has 0 spiro atoms. The fourth-order valence-electron chi connectivity index (χ4n) is 1.71. The Morgan fingerprint density at radius 1 is 1.35 bits per heavy atom. The van der Waals surface area contributed by atoms with Crippen LogP contribution in [0, 0.1) is 0 Å². The van der Waals surface area contributed by atoms with Crippen molar-refractivity contribution in [2.75, 3.05) is 0 Å². The maximum atomic E-state index is 12.7. The lowest BCUT2D eigenvalue weighted by molar-refractivity contribution is -0.137. The zero-order valence-corrected chi connectivity index (χ0v) is 11.4. The molecule has 1 aromatic heterocycles. The van der Waals surface area contributed by atoms with E-state index in [0.717, 1.165) is 17.0 Å². The Labute approximate surface area is 118 Å². The zero-order valence-electron chi connectivity index (χ0n) is 10.6. The third kappa shape index (κ3) is 3.08. The highest BCUT2D eigenvalue weighted by molar-refractivity contribution is 7.16. The van der Waals surface area contributed by atoms with Crippen molar-refractivity contribution in [1.82, 2.24) is 4.98 Å². The minimum atomic E-state index is -4.38. The highest BCUT2D eigenvalue weighted by Crippen LogP contribution is 2.34. The van der Waals surface area contributed by atoms with Crippen LogP contribution in [0.3, 0.4) is 0 Å². The van der Waals surface area contributed by atoms with E-state index in [-0.39, 0.29) is 6.61 Å². The van der Waals surface area contributed by atoms with E-state index < -0.39 is 11.7 Å². The number of benzene rings is 1. The quantitative estimate of drug-likeness (QED) is 0.913. The van der Waals surface area contributed by atoms with Crippen LogP contribution in [0.25, 0.3) is 16.6 Å². The van der Waals surface area contributed by atoms with E-state index in [0.29, 0.717) is 16.3 Å². The van der Waals surface area contributed by atoms with Crippen LogP contribution < -0.4 is 0 Å². The summed E-state index contributed by atoms with van der Waals surface area (Å²) in [4.78, 5) is 4.94. The van der Waals surface area contributed by atoms with E-state index in [1.54, 1.807) is 18.2 Å². The van der Waals surface area contributed by atoms with Crippen molar-refractivity contribution in [2.45, 2.75) is 19.7 Å². The maximum Gasteiger partial charge on any atom is 0.416 e. The number of nitrogens with zero attached hydrogens (tertiary/aromatic N) is 1. The summed E-state index contributed by atoms with van der Waals surface area (Å²) < 4.78 is 38.1. The summed E-state index contributed by atoms with van der Waals surface area (Å²) in [7, 11) is 0. The van der Waals surface area contributed by atoms with Gasteiger partial charge in [0.05, 0.1) is 22.7 Å². The molecule has 0 aliphatic carbocycles. The molecular formula is C14H12F3NOS. The molecule has 0 aliphatic heterocycles. The number of thiazole rings is 1. The van der Waals surface area contributed by atoms with Gasteiger partial charge in [-0.1, -0.05) is 18.2 Å². The fraction of sp³-hybridized carbons (Fsp3) is 0.214. The van der Waals surface area contributed by atoms with E-state index in [1.807, 2.05) is 6.92 Å². The summed E-state index contributed by atoms with van der Waals surface area (Å²) in [5.74, 6) is 0. The van der Waals surface area contributed by atoms with Crippen LogP contribution in [0.15, 0.2) is 30.3 Å². The second-order valence-electron chi connectivity index (χ2n) is 4.07. The monoisotopic (exact) mass is 299 g/mol. The summed E-state index contributed by atoms with van der Waals surface area (Å²) in [6, 6.07) is 5.03. The second-order valence-corrected chi connectivity index (χ2v) is 5.10. The molecule has 2 nitrogen and oxygen atoms in total. The zero-order chi connectivity index (χ0) is 14.8. The van der Waals surface area contributed by atoms with Gasteiger partial charge in [-0.2, -0.15) is 13.2 Å². The van der Waals surface area contributed by atoms with Crippen molar-refractivity contribution >= 4 is 17.4 Å². The Kier molecular flexibility index (Phi) is 4.25. The number of allylic oxidation sites excluding steroid dienone is 1. The molecule has 106 valence electrons. The van der Waals surface area contributed by atoms with Gasteiger partial charge in [0, 0.05) is 5.56 Å². The van der Waals surface area contributed by atoms with Crippen LogP contribution in [0.4, 0.5) is 13.2 Å². The smallest absolute Gasteiger partial charge is 0.390 e. The van der Waals surface area contributed by atoms with Crippen molar-refractivity contribution in [3.63, 3.8) is 0 Å². The molecule has 0 aliphatic rings. The van der Waals surface area contributed by atoms with Crippen LogP contribution in [-0.4, -0.2) is 10.1 Å². The first-order chi connectivity index (χ1) is 9.45. The molecule has 1 N–H and O–H groups in total. The molecular weight excluding hydrogens is 287 g/mol. The van der Waals surface area contributed by atoms with Crippen LogP contribution in [0.5, 0.6) is 0 Å². The molecule has 0 saturated carbocycles. The summed E-state index contributed by atoms with van der Waals surface area (Å²) >= 11 is 1.26. The normalized spacial score (nSPS) is 12.2. The van der Waals surface area contributed by atoms with Gasteiger partial charge in [-0.05, 0) is 25.1 Å². The number of aromatic nitrogens is 1. The van der Waals surface area contributed by atoms with E-state index in [9.17, 15) is 18.3 Å². The van der Waals surface area contributed by atoms with Gasteiger partial charge in [0.15, 0.2) is 0 Å². The largest absolute Gasteiger partial charge is 0.416 e. The molecule has 2 aromatic rings. The Hall–Kier alpha value is -1.66. The molecule has 6 heteroatoms. The fourth-order valence-corrected chi connectivity index (χ4v) is 2.75.